The van der Waals surface area contributed by atoms with Gasteiger partial charge in [-0.1, -0.05) is 12.8 Å². The lowest BCUT2D eigenvalue weighted by atomic mass is 9.86. The molecule has 0 amide bonds. The quantitative estimate of drug-likeness (QED) is 0.467. The second-order valence-corrected chi connectivity index (χ2v) is 3.30. The van der Waals surface area contributed by atoms with Gasteiger partial charge >= 0.3 is 7.12 Å². The van der Waals surface area contributed by atoms with Gasteiger partial charge in [-0.15, -0.1) is 6.42 Å². The molecule has 0 spiro atoms. The third kappa shape index (κ3) is 1.62. The molecule has 0 aromatic rings. The Morgan fingerprint density at radius 2 is 2.38 bits per heavy atom. The van der Waals surface area contributed by atoms with Gasteiger partial charge in [0.25, 0.3) is 0 Å². The highest BCUT2D eigenvalue weighted by Gasteiger charge is 2.50. The predicted molar refractivity (Wildman–Crippen MR) is 50.1 cm³/mol. The first-order chi connectivity index (χ1) is 6.04. The summed E-state index contributed by atoms with van der Waals surface area (Å²) in [7, 11) is -0.352. The van der Waals surface area contributed by atoms with E-state index in [0.29, 0.717) is 6.32 Å². The average molecular weight is 180 g/mol. The summed E-state index contributed by atoms with van der Waals surface area (Å²) in [6, 6.07) is 0. The van der Waals surface area contributed by atoms with E-state index in [0.717, 1.165) is 0 Å². The molecule has 0 N–H and O–H groups in total. The van der Waals surface area contributed by atoms with Gasteiger partial charge in [0, 0.05) is 0 Å². The van der Waals surface area contributed by atoms with E-state index in [1.165, 1.54) is 6.92 Å². The Bertz CT molecular complexity index is 258. The van der Waals surface area contributed by atoms with Crippen LogP contribution >= 0.6 is 0 Å². The Morgan fingerprint density at radius 1 is 1.77 bits per heavy atom. The van der Waals surface area contributed by atoms with Gasteiger partial charge < -0.3 is 9.31 Å². The maximum Gasteiger partial charge on any atom is 0.458 e. The van der Waals surface area contributed by atoms with Gasteiger partial charge in [-0.25, -0.2) is 0 Å². The van der Waals surface area contributed by atoms with Crippen LogP contribution in [0.3, 0.4) is 0 Å². The number of hydrogen-bond acceptors (Lipinski definition) is 3. The minimum atomic E-state index is -0.963. The van der Waals surface area contributed by atoms with E-state index in [1.54, 1.807) is 6.92 Å². The molecule has 0 bridgehead atoms. The molecule has 13 heavy (non-hydrogen) atoms. The summed E-state index contributed by atoms with van der Waals surface area (Å²) < 4.78 is 10.8. The van der Waals surface area contributed by atoms with Gasteiger partial charge in [0.2, 0.25) is 0 Å². The molecule has 0 radical (unpaired) electrons. The Morgan fingerprint density at radius 3 is 2.69 bits per heavy atom. The highest BCUT2D eigenvalue weighted by atomic mass is 16.7. The predicted octanol–water partition coefficient (Wildman–Crippen LogP) is 0.891. The van der Waals surface area contributed by atoms with E-state index in [2.05, 4.69) is 5.92 Å². The Kier molecular flexibility index (Phi) is 2.79. The zero-order valence-corrected chi connectivity index (χ0v) is 8.16. The van der Waals surface area contributed by atoms with Crippen LogP contribution in [0.15, 0.2) is 0 Å². The minimum Gasteiger partial charge on any atom is -0.396 e. The Balaban J connectivity index is 2.86. The fourth-order valence-corrected chi connectivity index (χ4v) is 1.29. The summed E-state index contributed by atoms with van der Waals surface area (Å²) in [6.07, 6.45) is 5.39. The number of carbonyl (C=O) groups excluding carboxylic acids is 1. The highest BCUT2D eigenvalue weighted by Crippen LogP contribution is 2.29. The second kappa shape index (κ2) is 3.53. The van der Waals surface area contributed by atoms with Crippen molar-refractivity contribution in [2.24, 2.45) is 0 Å². The number of carbonyl (C=O) groups is 1. The fraction of sp³-hybridized carbons (Fsp3) is 0.667. The highest BCUT2D eigenvalue weighted by molar-refractivity contribution is 6.45. The minimum absolute atomic E-state index is 0.0913. The van der Waals surface area contributed by atoms with Crippen LogP contribution in [0.5, 0.6) is 0 Å². The molecular weight excluding hydrogens is 167 g/mol. The van der Waals surface area contributed by atoms with Crippen molar-refractivity contribution in [2.75, 3.05) is 0 Å². The van der Waals surface area contributed by atoms with Crippen molar-refractivity contribution in [1.82, 2.24) is 0 Å². The molecule has 1 aliphatic heterocycles. The van der Waals surface area contributed by atoms with Crippen LogP contribution < -0.4 is 0 Å². The average Bonchev–Trinajstić information content (AvgIpc) is 2.43. The lowest BCUT2D eigenvalue weighted by molar-refractivity contribution is -0.131. The number of rotatable bonds is 2. The van der Waals surface area contributed by atoms with Crippen molar-refractivity contribution in [3.05, 3.63) is 0 Å². The first kappa shape index (κ1) is 10.3. The third-order valence-corrected chi connectivity index (χ3v) is 2.35. The van der Waals surface area contributed by atoms with Crippen molar-refractivity contribution in [3.63, 3.8) is 0 Å². The van der Waals surface area contributed by atoms with Crippen molar-refractivity contribution >= 4 is 12.9 Å². The van der Waals surface area contributed by atoms with Crippen LogP contribution in [0, 0.1) is 12.3 Å². The normalized spacial score (nSPS) is 33.1. The molecule has 1 rings (SSSR count). The van der Waals surface area contributed by atoms with E-state index in [-0.39, 0.29) is 12.9 Å². The summed E-state index contributed by atoms with van der Waals surface area (Å²) in [6.45, 7) is 5.06. The van der Waals surface area contributed by atoms with Gasteiger partial charge in [-0.05, 0) is 20.2 Å². The smallest absolute Gasteiger partial charge is 0.396 e. The van der Waals surface area contributed by atoms with Crippen molar-refractivity contribution in [3.8, 4) is 12.3 Å². The van der Waals surface area contributed by atoms with Crippen LogP contribution in [0.25, 0.3) is 0 Å². The standard InChI is InChI=1S/C9H13BO3/c1-5-8-9(4,7(3)11)13-10(6-2)12-8/h1,8H,6H2,2-4H3. The van der Waals surface area contributed by atoms with Crippen LogP contribution in [0.4, 0.5) is 0 Å². The maximum absolute atomic E-state index is 11.3. The molecular formula is C9H13BO3. The maximum atomic E-state index is 11.3. The van der Waals surface area contributed by atoms with E-state index in [1.807, 2.05) is 6.92 Å². The van der Waals surface area contributed by atoms with Gasteiger partial charge in [0.1, 0.15) is 11.7 Å². The molecule has 2 atom stereocenters. The number of hydrogen-bond donors (Lipinski definition) is 0. The number of ketones is 1. The monoisotopic (exact) mass is 180 g/mol. The SMILES string of the molecule is C#CC1OB(CC)OC1(C)C(C)=O. The Labute approximate surface area is 78.9 Å². The first-order valence-corrected chi connectivity index (χ1v) is 4.35. The van der Waals surface area contributed by atoms with Gasteiger partial charge in [0.05, 0.1) is 0 Å². The van der Waals surface area contributed by atoms with Gasteiger partial charge in [0.15, 0.2) is 5.78 Å². The Hall–Kier alpha value is -0.785. The van der Waals surface area contributed by atoms with Crippen molar-refractivity contribution in [1.29, 1.82) is 0 Å². The summed E-state index contributed by atoms with van der Waals surface area (Å²) in [5.41, 5.74) is -0.963. The summed E-state index contributed by atoms with van der Waals surface area (Å²) in [5, 5.41) is 0. The molecule has 4 heteroatoms. The van der Waals surface area contributed by atoms with Crippen LogP contribution in [-0.2, 0) is 14.1 Å². The molecule has 0 saturated carbocycles. The number of Topliss-reactive ketones (excluding diaryl/α,β-unsaturated/α-hetero) is 1. The zero-order valence-electron chi connectivity index (χ0n) is 8.16. The second-order valence-electron chi connectivity index (χ2n) is 3.30. The van der Waals surface area contributed by atoms with E-state index >= 15 is 0 Å². The van der Waals surface area contributed by atoms with Crippen LogP contribution in [0.1, 0.15) is 20.8 Å². The van der Waals surface area contributed by atoms with Gasteiger partial charge in [-0.2, -0.15) is 0 Å². The largest absolute Gasteiger partial charge is 0.458 e. The topological polar surface area (TPSA) is 35.5 Å². The molecule has 2 unspecified atom stereocenters. The summed E-state index contributed by atoms with van der Waals surface area (Å²) in [5.74, 6) is 2.34. The molecule has 1 saturated heterocycles. The van der Waals surface area contributed by atoms with E-state index in [4.69, 9.17) is 15.7 Å². The lowest BCUT2D eigenvalue weighted by Crippen LogP contribution is -2.42. The van der Waals surface area contributed by atoms with Crippen molar-refractivity contribution < 1.29 is 14.1 Å². The molecule has 0 aromatic heterocycles. The first-order valence-electron chi connectivity index (χ1n) is 4.35. The van der Waals surface area contributed by atoms with Gasteiger partial charge in [-0.3, -0.25) is 4.79 Å². The molecule has 0 aliphatic carbocycles. The summed E-state index contributed by atoms with van der Waals surface area (Å²) >= 11 is 0. The van der Waals surface area contributed by atoms with E-state index in [9.17, 15) is 4.79 Å². The van der Waals surface area contributed by atoms with Crippen LogP contribution in [-0.4, -0.2) is 24.6 Å². The van der Waals surface area contributed by atoms with Crippen molar-refractivity contribution in [2.45, 2.75) is 38.8 Å². The summed E-state index contributed by atoms with van der Waals surface area (Å²) in [4.78, 5) is 11.3. The number of terminal acetylenes is 1. The lowest BCUT2D eigenvalue weighted by Gasteiger charge is -2.23. The molecule has 3 nitrogen and oxygen atoms in total. The third-order valence-electron chi connectivity index (χ3n) is 2.35. The van der Waals surface area contributed by atoms with E-state index < -0.39 is 11.7 Å². The molecule has 1 heterocycles. The zero-order chi connectivity index (χ0) is 10.1. The molecule has 1 aliphatic rings. The fourth-order valence-electron chi connectivity index (χ4n) is 1.29. The van der Waals surface area contributed by atoms with Crippen LogP contribution in [0.2, 0.25) is 6.32 Å². The molecule has 70 valence electrons. The molecule has 0 aromatic carbocycles. The molecule has 1 fully saturated rings.